The Kier molecular flexibility index (Phi) is 4.36. The van der Waals surface area contributed by atoms with E-state index in [9.17, 15) is 19.5 Å². The number of carbonyl (C=O) groups excluding carboxylic acids is 2. The second-order valence-electron chi connectivity index (χ2n) is 5.83. The number of rotatable bonds is 5. The number of fused-ring (bicyclic) bond motifs is 1. The molecule has 21 heavy (non-hydrogen) atoms. The van der Waals surface area contributed by atoms with Crippen molar-refractivity contribution in [1.82, 2.24) is 15.5 Å². The minimum absolute atomic E-state index is 0.300. The van der Waals surface area contributed by atoms with Crippen molar-refractivity contribution in [2.75, 3.05) is 6.54 Å². The van der Waals surface area contributed by atoms with E-state index < -0.39 is 22.8 Å². The summed E-state index contributed by atoms with van der Waals surface area (Å²) >= 11 is 1.42. The van der Waals surface area contributed by atoms with E-state index in [1.165, 1.54) is 16.7 Å². The third-order valence-corrected chi connectivity index (χ3v) is 5.35. The molecule has 0 spiro atoms. The van der Waals surface area contributed by atoms with Gasteiger partial charge in [-0.2, -0.15) is 0 Å². The highest BCUT2D eigenvalue weighted by Crippen LogP contribution is 2.50. The van der Waals surface area contributed by atoms with Crippen molar-refractivity contribution in [3.05, 3.63) is 0 Å². The van der Waals surface area contributed by atoms with Crippen LogP contribution in [0.2, 0.25) is 0 Å². The molecule has 0 bridgehead atoms. The largest absolute Gasteiger partial charge is 0.480 e. The van der Waals surface area contributed by atoms with Crippen LogP contribution in [-0.4, -0.2) is 56.7 Å². The summed E-state index contributed by atoms with van der Waals surface area (Å²) in [6.07, 6.45) is 1.85. The van der Waals surface area contributed by atoms with E-state index in [-0.39, 0.29) is 17.3 Å². The Morgan fingerprint density at radius 2 is 2.10 bits per heavy atom. The van der Waals surface area contributed by atoms with Gasteiger partial charge < -0.3 is 20.6 Å². The first-order valence-corrected chi connectivity index (χ1v) is 7.94. The third kappa shape index (κ3) is 2.81. The van der Waals surface area contributed by atoms with Gasteiger partial charge in [0.25, 0.3) is 0 Å². The number of hydrogen-bond donors (Lipinski definition) is 3. The maximum Gasteiger partial charge on any atom is 0.327 e. The lowest BCUT2D eigenvalue weighted by molar-refractivity contribution is -0.159. The quantitative estimate of drug-likeness (QED) is 0.510. The number of carboxylic acid groups (broad SMARTS) is 1. The first-order chi connectivity index (χ1) is 9.79. The molecule has 0 aromatic rings. The van der Waals surface area contributed by atoms with Crippen LogP contribution in [0.4, 0.5) is 4.79 Å². The molecule has 0 aromatic heterocycles. The van der Waals surface area contributed by atoms with E-state index in [0.29, 0.717) is 6.54 Å². The Balaban J connectivity index is 1.97. The number of carboxylic acids is 1. The molecule has 7 nitrogen and oxygen atoms in total. The molecular formula is C13H21N3O4S. The molecule has 0 aromatic carbocycles. The number of thioether (sulfide) groups is 1. The number of nitrogens with one attached hydrogen (secondary N) is 2. The van der Waals surface area contributed by atoms with E-state index in [0.717, 1.165) is 12.8 Å². The second-order valence-corrected chi connectivity index (χ2v) is 7.60. The molecule has 3 N–H and O–H groups in total. The van der Waals surface area contributed by atoms with Crippen LogP contribution >= 0.6 is 11.8 Å². The third-order valence-electron chi connectivity index (χ3n) is 3.78. The summed E-state index contributed by atoms with van der Waals surface area (Å²) in [4.78, 5) is 36.5. The minimum atomic E-state index is -1.01. The van der Waals surface area contributed by atoms with Crippen molar-refractivity contribution in [2.45, 2.75) is 55.8 Å². The molecule has 0 radical (unpaired) electrons. The van der Waals surface area contributed by atoms with Crippen LogP contribution in [0, 0.1) is 0 Å². The summed E-state index contributed by atoms with van der Waals surface area (Å²) < 4.78 is -0.568. The number of urea groups is 1. The second kappa shape index (κ2) is 5.75. The molecule has 2 aliphatic rings. The number of amides is 3. The molecule has 8 heteroatoms. The van der Waals surface area contributed by atoms with E-state index in [1.807, 2.05) is 6.92 Å². The van der Waals surface area contributed by atoms with Gasteiger partial charge in [0.2, 0.25) is 5.91 Å². The summed E-state index contributed by atoms with van der Waals surface area (Å²) in [5.41, 5.74) is 0. The van der Waals surface area contributed by atoms with Crippen LogP contribution in [0.5, 0.6) is 0 Å². The molecule has 2 saturated heterocycles. The zero-order valence-electron chi connectivity index (χ0n) is 12.4. The number of β-lactam (4-membered cyclic amide) rings is 1. The van der Waals surface area contributed by atoms with Crippen LogP contribution in [0.1, 0.15) is 33.6 Å². The molecular weight excluding hydrogens is 294 g/mol. The van der Waals surface area contributed by atoms with Gasteiger partial charge in [-0.25, -0.2) is 9.59 Å². The number of unbranched alkanes of at least 4 members (excludes halogenated alkanes) is 1. The molecule has 2 heterocycles. The summed E-state index contributed by atoms with van der Waals surface area (Å²) in [7, 11) is 0. The lowest BCUT2D eigenvalue weighted by Crippen LogP contribution is -2.71. The predicted molar refractivity (Wildman–Crippen MR) is 79.0 cm³/mol. The van der Waals surface area contributed by atoms with Gasteiger partial charge >= 0.3 is 12.0 Å². The van der Waals surface area contributed by atoms with Gasteiger partial charge in [0.05, 0.1) is 0 Å². The minimum Gasteiger partial charge on any atom is -0.480 e. The van der Waals surface area contributed by atoms with Gasteiger partial charge in [0.1, 0.15) is 17.5 Å². The van der Waals surface area contributed by atoms with Gasteiger partial charge in [-0.15, -0.1) is 11.8 Å². The molecule has 0 unspecified atom stereocenters. The van der Waals surface area contributed by atoms with Gasteiger partial charge in [0.15, 0.2) is 0 Å². The van der Waals surface area contributed by atoms with Gasteiger partial charge in [-0.05, 0) is 20.3 Å². The molecule has 0 saturated carbocycles. The molecule has 2 fully saturated rings. The lowest BCUT2D eigenvalue weighted by atomic mass is 9.96. The fourth-order valence-corrected chi connectivity index (χ4v) is 4.34. The van der Waals surface area contributed by atoms with E-state index in [1.54, 1.807) is 13.8 Å². The summed E-state index contributed by atoms with van der Waals surface area (Å²) in [5.74, 6) is -1.33. The Labute approximate surface area is 127 Å². The smallest absolute Gasteiger partial charge is 0.327 e. The van der Waals surface area contributed by atoms with Crippen LogP contribution in [0.25, 0.3) is 0 Å². The highest BCUT2D eigenvalue weighted by Gasteiger charge is 2.64. The van der Waals surface area contributed by atoms with Crippen LogP contribution in [-0.2, 0) is 9.59 Å². The fourth-order valence-electron chi connectivity index (χ4n) is 2.72. The monoisotopic (exact) mass is 315 g/mol. The zero-order chi connectivity index (χ0) is 15.8. The Morgan fingerprint density at radius 3 is 2.67 bits per heavy atom. The predicted octanol–water partition coefficient (Wildman–Crippen LogP) is 0.601. The van der Waals surface area contributed by atoms with Gasteiger partial charge in [0, 0.05) is 11.3 Å². The first-order valence-electron chi connectivity index (χ1n) is 7.06. The highest BCUT2D eigenvalue weighted by atomic mass is 32.2. The van der Waals surface area contributed by atoms with Crippen molar-refractivity contribution >= 4 is 29.7 Å². The number of hydrogen-bond acceptors (Lipinski definition) is 4. The number of carbonyl (C=O) groups is 3. The van der Waals surface area contributed by atoms with Crippen molar-refractivity contribution < 1.29 is 19.5 Å². The molecule has 0 aliphatic carbocycles. The van der Waals surface area contributed by atoms with Crippen molar-refractivity contribution in [3.63, 3.8) is 0 Å². The van der Waals surface area contributed by atoms with Crippen LogP contribution in [0.3, 0.4) is 0 Å². The standard InChI is InChI=1S/C13H21N3O4S/c1-4-5-6-14-12(20)15-7-9(17)16-8(11(18)19)13(2,3)21-10(7)16/h7-8,10H,4-6H2,1-3H3,(H,18,19)(H2,14,15,20)/t7-,8-,10-/m1/s1. The Bertz CT molecular complexity index is 468. The lowest BCUT2D eigenvalue weighted by Gasteiger charge is -2.43. The maximum absolute atomic E-state index is 12.1. The van der Waals surface area contributed by atoms with E-state index in [4.69, 9.17) is 0 Å². The normalized spacial score (nSPS) is 29.6. The molecule has 3 amide bonds. The summed E-state index contributed by atoms with van der Waals surface area (Å²) in [6.45, 7) is 6.20. The molecule has 118 valence electrons. The molecule has 2 rings (SSSR count). The average Bonchev–Trinajstić information content (AvgIpc) is 2.65. The summed E-state index contributed by atoms with van der Waals surface area (Å²) in [5, 5.41) is 14.3. The Hall–Kier alpha value is -1.44. The summed E-state index contributed by atoms with van der Waals surface area (Å²) in [6, 6.07) is -1.86. The number of aliphatic carboxylic acids is 1. The van der Waals surface area contributed by atoms with Crippen molar-refractivity contribution in [3.8, 4) is 0 Å². The zero-order valence-corrected chi connectivity index (χ0v) is 13.2. The first kappa shape index (κ1) is 15.9. The van der Waals surface area contributed by atoms with Gasteiger partial charge in [-0.1, -0.05) is 13.3 Å². The molecule has 2 aliphatic heterocycles. The molecule has 3 atom stereocenters. The maximum atomic E-state index is 12.1. The number of nitrogens with zero attached hydrogens (tertiary/aromatic N) is 1. The SMILES string of the molecule is CCCCNC(=O)N[C@@H]1C(=O)N2[C@@H]1SC(C)(C)[C@H]2C(=O)O. The van der Waals surface area contributed by atoms with Crippen LogP contribution < -0.4 is 10.6 Å². The van der Waals surface area contributed by atoms with Gasteiger partial charge in [-0.3, -0.25) is 4.79 Å². The average molecular weight is 315 g/mol. The van der Waals surface area contributed by atoms with Crippen LogP contribution in [0.15, 0.2) is 0 Å². The van der Waals surface area contributed by atoms with Crippen molar-refractivity contribution in [1.29, 1.82) is 0 Å². The topological polar surface area (TPSA) is 98.7 Å². The van der Waals surface area contributed by atoms with E-state index in [2.05, 4.69) is 10.6 Å². The van der Waals surface area contributed by atoms with E-state index >= 15 is 0 Å². The highest BCUT2D eigenvalue weighted by molar-refractivity contribution is 8.01. The Morgan fingerprint density at radius 1 is 1.43 bits per heavy atom. The fraction of sp³-hybridized carbons (Fsp3) is 0.769. The van der Waals surface area contributed by atoms with Crippen molar-refractivity contribution in [2.24, 2.45) is 0 Å².